The van der Waals surface area contributed by atoms with Crippen molar-refractivity contribution in [3.8, 4) is 17.0 Å². The fourth-order valence-electron chi connectivity index (χ4n) is 2.17. The van der Waals surface area contributed by atoms with Gasteiger partial charge in [-0.2, -0.15) is 8.78 Å². The van der Waals surface area contributed by atoms with Gasteiger partial charge in [-0.15, -0.1) is 11.3 Å². The lowest BCUT2D eigenvalue weighted by Crippen LogP contribution is -2.12. The van der Waals surface area contributed by atoms with Crippen molar-refractivity contribution >= 4 is 38.3 Å². The average Bonchev–Trinajstić information content (AvgIpc) is 3.05. The predicted octanol–water partition coefficient (Wildman–Crippen LogP) is 5.57. The summed E-state index contributed by atoms with van der Waals surface area (Å²) in [5, 5.41) is 4.40. The van der Waals surface area contributed by atoms with Crippen LogP contribution >= 0.6 is 27.3 Å². The Labute approximate surface area is 158 Å². The van der Waals surface area contributed by atoms with E-state index in [2.05, 4.69) is 31.0 Å². The van der Waals surface area contributed by atoms with Crippen molar-refractivity contribution in [3.05, 3.63) is 63.7 Å². The molecule has 4 nitrogen and oxygen atoms in total. The molecule has 0 unspecified atom stereocenters. The summed E-state index contributed by atoms with van der Waals surface area (Å²) >= 11 is 4.30. The topological polar surface area (TPSA) is 51.2 Å². The van der Waals surface area contributed by atoms with Crippen molar-refractivity contribution in [2.24, 2.45) is 0 Å². The van der Waals surface area contributed by atoms with Gasteiger partial charge in [-0.1, -0.05) is 12.1 Å². The van der Waals surface area contributed by atoms with E-state index < -0.39 is 18.3 Å². The number of rotatable bonds is 5. The molecule has 0 aliphatic heterocycles. The molecule has 2 aromatic carbocycles. The molecular formula is C17H10BrF3N2O2S. The standard InChI is InChI=1S/C17H10BrF3N2O2S/c18-12-6-5-9(19)7-11(12)15(24)23-17-22-13(8-26-17)10-3-1-2-4-14(10)25-16(20)21/h1-8,16H,(H,22,23,24). The zero-order chi connectivity index (χ0) is 18.7. The normalized spacial score (nSPS) is 10.8. The molecule has 0 atom stereocenters. The number of nitrogens with one attached hydrogen (secondary N) is 1. The molecule has 1 aromatic heterocycles. The van der Waals surface area contributed by atoms with Gasteiger partial charge < -0.3 is 4.74 Å². The first-order valence-corrected chi connectivity index (χ1v) is 8.87. The number of carbonyl (C=O) groups excluding carboxylic acids is 1. The highest BCUT2D eigenvalue weighted by molar-refractivity contribution is 9.10. The molecule has 3 rings (SSSR count). The molecule has 0 saturated heterocycles. The lowest BCUT2D eigenvalue weighted by Gasteiger charge is -2.08. The second-order valence-electron chi connectivity index (χ2n) is 4.99. The Morgan fingerprint density at radius 1 is 1.23 bits per heavy atom. The number of ether oxygens (including phenoxy) is 1. The molecule has 1 amide bonds. The largest absolute Gasteiger partial charge is 0.434 e. The molecule has 0 aliphatic carbocycles. The number of amides is 1. The van der Waals surface area contributed by atoms with Crippen molar-refractivity contribution in [1.29, 1.82) is 0 Å². The van der Waals surface area contributed by atoms with E-state index in [0.29, 0.717) is 15.7 Å². The van der Waals surface area contributed by atoms with E-state index in [4.69, 9.17) is 0 Å². The monoisotopic (exact) mass is 442 g/mol. The van der Waals surface area contributed by atoms with Gasteiger partial charge in [-0.05, 0) is 46.3 Å². The van der Waals surface area contributed by atoms with E-state index in [-0.39, 0.29) is 16.4 Å². The van der Waals surface area contributed by atoms with E-state index >= 15 is 0 Å². The summed E-state index contributed by atoms with van der Waals surface area (Å²) in [6.45, 7) is -2.96. The fraction of sp³-hybridized carbons (Fsp3) is 0.0588. The van der Waals surface area contributed by atoms with Crippen LogP contribution in [0.4, 0.5) is 18.3 Å². The highest BCUT2D eigenvalue weighted by Gasteiger charge is 2.16. The summed E-state index contributed by atoms with van der Waals surface area (Å²) in [5.41, 5.74) is 0.861. The van der Waals surface area contributed by atoms with Crippen LogP contribution in [0, 0.1) is 5.82 Å². The first-order valence-electron chi connectivity index (χ1n) is 7.20. The highest BCUT2D eigenvalue weighted by Crippen LogP contribution is 2.33. The van der Waals surface area contributed by atoms with E-state index in [0.717, 1.165) is 17.4 Å². The lowest BCUT2D eigenvalue weighted by molar-refractivity contribution is -0.0494. The zero-order valence-electron chi connectivity index (χ0n) is 12.9. The summed E-state index contributed by atoms with van der Waals surface area (Å²) < 4.78 is 43.3. The van der Waals surface area contributed by atoms with Crippen molar-refractivity contribution in [2.75, 3.05) is 5.32 Å². The van der Waals surface area contributed by atoms with Crippen molar-refractivity contribution < 1.29 is 22.7 Å². The molecule has 0 fully saturated rings. The number of alkyl halides is 2. The molecule has 0 radical (unpaired) electrons. The Hall–Kier alpha value is -2.39. The van der Waals surface area contributed by atoms with E-state index in [1.54, 1.807) is 23.6 Å². The number of hydrogen-bond donors (Lipinski definition) is 1. The number of nitrogens with zero attached hydrogens (tertiary/aromatic N) is 1. The molecule has 1 heterocycles. The minimum Gasteiger partial charge on any atom is -0.434 e. The van der Waals surface area contributed by atoms with Gasteiger partial charge in [0, 0.05) is 15.4 Å². The molecule has 3 aromatic rings. The Balaban J connectivity index is 1.83. The second-order valence-corrected chi connectivity index (χ2v) is 6.70. The van der Waals surface area contributed by atoms with Gasteiger partial charge in [0.05, 0.1) is 11.3 Å². The molecule has 134 valence electrons. The van der Waals surface area contributed by atoms with Crippen LogP contribution < -0.4 is 10.1 Å². The molecule has 0 bridgehead atoms. The minimum absolute atomic E-state index is 0.0152. The van der Waals surface area contributed by atoms with Crippen molar-refractivity contribution in [1.82, 2.24) is 4.98 Å². The van der Waals surface area contributed by atoms with Gasteiger partial charge in [0.1, 0.15) is 11.6 Å². The number of aromatic nitrogens is 1. The van der Waals surface area contributed by atoms with Crippen molar-refractivity contribution in [2.45, 2.75) is 6.61 Å². The van der Waals surface area contributed by atoms with Gasteiger partial charge in [0.2, 0.25) is 0 Å². The minimum atomic E-state index is -2.96. The van der Waals surface area contributed by atoms with Crippen molar-refractivity contribution in [3.63, 3.8) is 0 Å². The number of benzene rings is 2. The molecule has 0 spiro atoms. The van der Waals surface area contributed by atoms with Crippen LogP contribution in [0.1, 0.15) is 10.4 Å². The van der Waals surface area contributed by atoms with Crippen LogP contribution in [0.5, 0.6) is 5.75 Å². The molecule has 26 heavy (non-hydrogen) atoms. The Morgan fingerprint density at radius 2 is 2.00 bits per heavy atom. The Bertz CT molecular complexity index is 949. The fourth-order valence-corrected chi connectivity index (χ4v) is 3.30. The molecule has 9 heteroatoms. The van der Waals surface area contributed by atoms with Crippen LogP contribution in [-0.2, 0) is 0 Å². The van der Waals surface area contributed by atoms with Crippen LogP contribution in [0.2, 0.25) is 0 Å². The van der Waals surface area contributed by atoms with Gasteiger partial charge >= 0.3 is 6.61 Å². The first kappa shape index (κ1) is 18.4. The third-order valence-electron chi connectivity index (χ3n) is 3.28. The summed E-state index contributed by atoms with van der Waals surface area (Å²) in [6, 6.07) is 9.97. The third-order valence-corrected chi connectivity index (χ3v) is 4.73. The maximum Gasteiger partial charge on any atom is 0.387 e. The lowest BCUT2D eigenvalue weighted by atomic mass is 10.1. The number of thiazole rings is 1. The maximum atomic E-state index is 13.3. The number of para-hydroxylation sites is 1. The molecule has 1 N–H and O–H groups in total. The van der Waals surface area contributed by atoms with E-state index in [1.807, 2.05) is 0 Å². The summed E-state index contributed by atoms with van der Waals surface area (Å²) in [6.07, 6.45) is 0. The van der Waals surface area contributed by atoms with Gasteiger partial charge in [-0.3, -0.25) is 10.1 Å². The number of hydrogen-bond acceptors (Lipinski definition) is 4. The van der Waals surface area contributed by atoms with E-state index in [1.165, 1.54) is 18.2 Å². The predicted molar refractivity (Wildman–Crippen MR) is 96.2 cm³/mol. The van der Waals surface area contributed by atoms with Gasteiger partial charge in [-0.25, -0.2) is 9.37 Å². The summed E-state index contributed by atoms with van der Waals surface area (Å²) in [5.74, 6) is -1.11. The molecular weight excluding hydrogens is 433 g/mol. The van der Waals surface area contributed by atoms with E-state index in [9.17, 15) is 18.0 Å². The SMILES string of the molecule is O=C(Nc1nc(-c2ccccc2OC(F)F)cs1)c1cc(F)ccc1Br. The quantitative estimate of drug-likeness (QED) is 0.562. The summed E-state index contributed by atoms with van der Waals surface area (Å²) in [7, 11) is 0. The maximum absolute atomic E-state index is 13.3. The van der Waals surface area contributed by atoms with Gasteiger partial charge in [0.15, 0.2) is 5.13 Å². The Kier molecular flexibility index (Phi) is 5.58. The first-order chi connectivity index (χ1) is 12.4. The molecule has 0 saturated carbocycles. The average molecular weight is 443 g/mol. The number of carbonyl (C=O) groups is 1. The molecule has 0 aliphatic rings. The third kappa shape index (κ3) is 4.23. The Morgan fingerprint density at radius 3 is 2.77 bits per heavy atom. The van der Waals surface area contributed by atoms with Crippen LogP contribution in [0.15, 0.2) is 52.3 Å². The second kappa shape index (κ2) is 7.88. The summed E-state index contributed by atoms with van der Waals surface area (Å²) in [4.78, 5) is 16.5. The highest BCUT2D eigenvalue weighted by atomic mass is 79.9. The zero-order valence-corrected chi connectivity index (χ0v) is 15.3. The number of halogens is 4. The van der Waals surface area contributed by atoms with Crippen LogP contribution in [0.25, 0.3) is 11.3 Å². The van der Waals surface area contributed by atoms with Crippen LogP contribution in [-0.4, -0.2) is 17.5 Å². The van der Waals surface area contributed by atoms with Crippen LogP contribution in [0.3, 0.4) is 0 Å². The smallest absolute Gasteiger partial charge is 0.387 e. The number of anilines is 1. The van der Waals surface area contributed by atoms with Gasteiger partial charge in [0.25, 0.3) is 5.91 Å².